The van der Waals surface area contributed by atoms with Crippen molar-refractivity contribution in [3.8, 4) is 11.5 Å². The van der Waals surface area contributed by atoms with Gasteiger partial charge < -0.3 is 24.8 Å². The first-order valence-electron chi connectivity index (χ1n) is 8.50. The van der Waals surface area contributed by atoms with Crippen LogP contribution < -0.4 is 20.1 Å². The molecule has 2 rings (SSSR count). The first kappa shape index (κ1) is 19.8. The highest BCUT2D eigenvalue weighted by atomic mass is 16.5. The summed E-state index contributed by atoms with van der Waals surface area (Å²) in [6.07, 6.45) is 0.915. The largest absolute Gasteiger partial charge is 0.496 e. The Morgan fingerprint density at radius 1 is 0.923 bits per heavy atom. The van der Waals surface area contributed by atoms with Crippen molar-refractivity contribution in [1.82, 2.24) is 5.32 Å². The van der Waals surface area contributed by atoms with E-state index in [9.17, 15) is 4.79 Å². The predicted molar refractivity (Wildman–Crippen MR) is 102 cm³/mol. The van der Waals surface area contributed by atoms with Gasteiger partial charge in [0.1, 0.15) is 17.1 Å². The van der Waals surface area contributed by atoms with Crippen molar-refractivity contribution >= 4 is 11.6 Å². The average molecular weight is 358 g/mol. The second-order valence-corrected chi connectivity index (χ2v) is 5.68. The van der Waals surface area contributed by atoms with Crippen LogP contribution in [0.4, 0.5) is 5.69 Å². The molecule has 0 aliphatic carbocycles. The molecule has 0 atom stereocenters. The third-order valence-corrected chi connectivity index (χ3v) is 3.94. The lowest BCUT2D eigenvalue weighted by atomic mass is 10.1. The highest BCUT2D eigenvalue weighted by molar-refractivity contribution is 6.08. The molecule has 0 aliphatic heterocycles. The molecular formula is C20H26N2O4. The topological polar surface area (TPSA) is 68.8 Å². The van der Waals surface area contributed by atoms with Crippen molar-refractivity contribution in [3.63, 3.8) is 0 Å². The van der Waals surface area contributed by atoms with Crippen molar-refractivity contribution in [1.29, 1.82) is 0 Å². The summed E-state index contributed by atoms with van der Waals surface area (Å²) in [4.78, 5) is 12.6. The molecule has 1 amide bonds. The summed E-state index contributed by atoms with van der Waals surface area (Å²) < 4.78 is 15.6. The molecule has 0 fully saturated rings. The van der Waals surface area contributed by atoms with E-state index in [0.29, 0.717) is 23.7 Å². The molecule has 0 unspecified atom stereocenters. The van der Waals surface area contributed by atoms with Crippen LogP contribution in [0.3, 0.4) is 0 Å². The van der Waals surface area contributed by atoms with Crippen LogP contribution in [0.15, 0.2) is 42.5 Å². The van der Waals surface area contributed by atoms with Crippen LogP contribution in [0.2, 0.25) is 0 Å². The summed E-state index contributed by atoms with van der Waals surface area (Å²) >= 11 is 0. The first-order valence-corrected chi connectivity index (χ1v) is 8.50. The zero-order chi connectivity index (χ0) is 18.8. The fourth-order valence-electron chi connectivity index (χ4n) is 2.56. The van der Waals surface area contributed by atoms with Crippen LogP contribution in [0.1, 0.15) is 15.9 Å². The van der Waals surface area contributed by atoms with Gasteiger partial charge in [-0.05, 0) is 42.8 Å². The Bertz CT molecular complexity index is 679. The lowest BCUT2D eigenvalue weighted by molar-refractivity contribution is 0.102. The van der Waals surface area contributed by atoms with Gasteiger partial charge in [0.15, 0.2) is 0 Å². The number of ether oxygens (including phenoxy) is 3. The lowest BCUT2D eigenvalue weighted by Gasteiger charge is -2.13. The van der Waals surface area contributed by atoms with Crippen LogP contribution in [-0.4, -0.2) is 46.9 Å². The van der Waals surface area contributed by atoms with Gasteiger partial charge in [-0.25, -0.2) is 0 Å². The van der Waals surface area contributed by atoms with Gasteiger partial charge in [0.05, 0.1) is 20.8 Å². The summed E-state index contributed by atoms with van der Waals surface area (Å²) in [5, 5.41) is 6.19. The molecule has 2 aromatic rings. The quantitative estimate of drug-likeness (QED) is 0.639. The van der Waals surface area contributed by atoms with E-state index in [1.54, 1.807) is 25.3 Å². The number of hydrogen-bond donors (Lipinski definition) is 2. The third kappa shape index (κ3) is 5.47. The highest BCUT2D eigenvalue weighted by Crippen LogP contribution is 2.29. The van der Waals surface area contributed by atoms with Crippen molar-refractivity contribution in [2.75, 3.05) is 46.3 Å². The van der Waals surface area contributed by atoms with E-state index in [0.717, 1.165) is 25.2 Å². The molecular weight excluding hydrogens is 332 g/mol. The van der Waals surface area contributed by atoms with Gasteiger partial charge in [-0.3, -0.25) is 4.79 Å². The number of rotatable bonds is 10. The standard InChI is InChI=1S/C20H26N2O4/c1-24-14-13-21-12-11-15-7-9-16(10-8-15)22-20(23)19-17(25-2)5-4-6-18(19)26-3/h4-10,21H,11-14H2,1-3H3,(H,22,23). The fourth-order valence-corrected chi connectivity index (χ4v) is 2.56. The molecule has 2 N–H and O–H groups in total. The van der Waals surface area contributed by atoms with Crippen molar-refractivity contribution in [2.45, 2.75) is 6.42 Å². The summed E-state index contributed by atoms with van der Waals surface area (Å²) in [6, 6.07) is 13.0. The average Bonchev–Trinajstić information content (AvgIpc) is 2.68. The van der Waals surface area contributed by atoms with E-state index in [1.807, 2.05) is 24.3 Å². The van der Waals surface area contributed by atoms with Crippen molar-refractivity contribution in [2.24, 2.45) is 0 Å². The minimum Gasteiger partial charge on any atom is -0.496 e. The molecule has 2 aromatic carbocycles. The molecule has 0 saturated heterocycles. The molecule has 140 valence electrons. The van der Waals surface area contributed by atoms with Crippen LogP contribution in [0.25, 0.3) is 0 Å². The van der Waals surface area contributed by atoms with E-state index >= 15 is 0 Å². The Hall–Kier alpha value is -2.57. The van der Waals surface area contributed by atoms with Crippen LogP contribution in [0.5, 0.6) is 11.5 Å². The van der Waals surface area contributed by atoms with Gasteiger partial charge in [-0.1, -0.05) is 18.2 Å². The Kier molecular flexibility index (Phi) is 7.92. The smallest absolute Gasteiger partial charge is 0.263 e. The summed E-state index contributed by atoms with van der Waals surface area (Å²) in [5.74, 6) is 0.675. The van der Waals surface area contributed by atoms with E-state index in [-0.39, 0.29) is 5.91 Å². The molecule has 0 aliphatic rings. The van der Waals surface area contributed by atoms with Gasteiger partial charge >= 0.3 is 0 Å². The second kappa shape index (κ2) is 10.4. The summed E-state index contributed by atoms with van der Waals surface area (Å²) in [7, 11) is 4.75. The Labute approximate surface area is 154 Å². The van der Waals surface area contributed by atoms with E-state index in [1.165, 1.54) is 19.8 Å². The molecule has 0 radical (unpaired) electrons. The maximum absolute atomic E-state index is 12.6. The number of amides is 1. The Balaban J connectivity index is 1.98. The zero-order valence-corrected chi connectivity index (χ0v) is 15.5. The monoisotopic (exact) mass is 358 g/mol. The van der Waals surface area contributed by atoms with Gasteiger partial charge in [-0.2, -0.15) is 0 Å². The van der Waals surface area contributed by atoms with Gasteiger partial charge in [0, 0.05) is 19.3 Å². The Morgan fingerprint density at radius 2 is 1.58 bits per heavy atom. The predicted octanol–water partition coefficient (Wildman–Crippen LogP) is 2.73. The summed E-state index contributed by atoms with van der Waals surface area (Å²) in [6.45, 7) is 2.43. The van der Waals surface area contributed by atoms with Gasteiger partial charge in [0.25, 0.3) is 5.91 Å². The van der Waals surface area contributed by atoms with Gasteiger partial charge in [0.2, 0.25) is 0 Å². The zero-order valence-electron chi connectivity index (χ0n) is 15.5. The molecule has 26 heavy (non-hydrogen) atoms. The molecule has 0 saturated carbocycles. The first-order chi connectivity index (χ1) is 12.7. The number of methoxy groups -OCH3 is 3. The third-order valence-electron chi connectivity index (χ3n) is 3.94. The molecule has 0 heterocycles. The SMILES string of the molecule is COCCNCCc1ccc(NC(=O)c2c(OC)cccc2OC)cc1. The second-order valence-electron chi connectivity index (χ2n) is 5.68. The fraction of sp³-hybridized carbons (Fsp3) is 0.350. The number of benzene rings is 2. The van der Waals surface area contributed by atoms with Crippen LogP contribution >= 0.6 is 0 Å². The molecule has 6 nitrogen and oxygen atoms in total. The molecule has 0 bridgehead atoms. The summed E-state index contributed by atoms with van der Waals surface area (Å²) in [5.41, 5.74) is 2.30. The molecule has 6 heteroatoms. The number of anilines is 1. The normalized spacial score (nSPS) is 10.4. The van der Waals surface area contributed by atoms with Gasteiger partial charge in [-0.15, -0.1) is 0 Å². The molecule has 0 spiro atoms. The number of nitrogens with one attached hydrogen (secondary N) is 2. The highest BCUT2D eigenvalue weighted by Gasteiger charge is 2.18. The van der Waals surface area contributed by atoms with E-state index < -0.39 is 0 Å². The van der Waals surface area contributed by atoms with Crippen LogP contribution in [-0.2, 0) is 11.2 Å². The maximum atomic E-state index is 12.6. The number of hydrogen-bond acceptors (Lipinski definition) is 5. The lowest BCUT2D eigenvalue weighted by Crippen LogP contribution is -2.21. The molecule has 0 aromatic heterocycles. The number of carbonyl (C=O) groups is 1. The van der Waals surface area contributed by atoms with E-state index in [4.69, 9.17) is 14.2 Å². The number of carbonyl (C=O) groups excluding carboxylic acids is 1. The minimum absolute atomic E-state index is 0.270. The van der Waals surface area contributed by atoms with Crippen LogP contribution in [0, 0.1) is 0 Å². The maximum Gasteiger partial charge on any atom is 0.263 e. The van der Waals surface area contributed by atoms with Crippen molar-refractivity contribution in [3.05, 3.63) is 53.6 Å². The van der Waals surface area contributed by atoms with Crippen molar-refractivity contribution < 1.29 is 19.0 Å². The Morgan fingerprint density at radius 3 is 2.15 bits per heavy atom. The minimum atomic E-state index is -0.270. The van der Waals surface area contributed by atoms with E-state index in [2.05, 4.69) is 10.6 Å².